The van der Waals surface area contributed by atoms with E-state index < -0.39 is 18.0 Å². The molecule has 0 saturated carbocycles. The normalized spacial score (nSPS) is 13.6. The van der Waals surface area contributed by atoms with Crippen molar-refractivity contribution in [2.24, 2.45) is 0 Å². The van der Waals surface area contributed by atoms with Gasteiger partial charge in [0.15, 0.2) is 5.76 Å². The van der Waals surface area contributed by atoms with Gasteiger partial charge in [-0.15, -0.1) is 13.2 Å². The lowest BCUT2D eigenvalue weighted by atomic mass is 9.94. The number of anilines is 1. The van der Waals surface area contributed by atoms with Gasteiger partial charge in [-0.3, -0.25) is 4.79 Å². The fourth-order valence-electron chi connectivity index (χ4n) is 3.41. The van der Waals surface area contributed by atoms with Gasteiger partial charge in [0.2, 0.25) is 0 Å². The van der Waals surface area contributed by atoms with Gasteiger partial charge in [0.05, 0.1) is 16.4 Å². The van der Waals surface area contributed by atoms with E-state index in [1.165, 1.54) is 12.1 Å². The Balaban J connectivity index is 1.58. The molecule has 2 aromatic carbocycles. The summed E-state index contributed by atoms with van der Waals surface area (Å²) in [6, 6.07) is 9.85. The molecular weight excluding hydrogens is 421 g/mol. The molecule has 0 saturated heterocycles. The highest BCUT2D eigenvalue weighted by Gasteiger charge is 2.31. The number of nitrogens with zero attached hydrogens (tertiary/aromatic N) is 1. The molecule has 1 amide bonds. The molecule has 30 heavy (non-hydrogen) atoms. The lowest BCUT2D eigenvalue weighted by Crippen LogP contribution is -2.18. The highest BCUT2D eigenvalue weighted by atomic mass is 35.5. The van der Waals surface area contributed by atoms with Crippen LogP contribution in [0.3, 0.4) is 0 Å². The van der Waals surface area contributed by atoms with Gasteiger partial charge >= 0.3 is 6.36 Å². The molecule has 0 bridgehead atoms. The smallest absolute Gasteiger partial charge is 0.406 e. The van der Waals surface area contributed by atoms with Crippen LogP contribution < -0.4 is 10.1 Å². The van der Waals surface area contributed by atoms with Crippen molar-refractivity contribution < 1.29 is 27.2 Å². The summed E-state index contributed by atoms with van der Waals surface area (Å²) in [6.07, 6.45) is -0.994. The van der Waals surface area contributed by atoms with Gasteiger partial charge in [-0.2, -0.15) is 0 Å². The molecule has 0 unspecified atom stereocenters. The van der Waals surface area contributed by atoms with Crippen molar-refractivity contribution in [2.75, 3.05) is 5.32 Å². The summed E-state index contributed by atoms with van der Waals surface area (Å²) in [5.74, 6) is -0.470. The Morgan fingerprint density at radius 3 is 2.73 bits per heavy atom. The number of amides is 1. The van der Waals surface area contributed by atoms with Crippen LogP contribution >= 0.6 is 11.6 Å². The van der Waals surface area contributed by atoms with Crippen LogP contribution in [0.4, 0.5) is 18.9 Å². The largest absolute Gasteiger partial charge is 0.573 e. The number of nitrogens with one attached hydrogen (secondary N) is 1. The second kappa shape index (κ2) is 8.02. The van der Waals surface area contributed by atoms with Gasteiger partial charge in [-0.1, -0.05) is 22.8 Å². The van der Waals surface area contributed by atoms with Crippen LogP contribution in [0.15, 0.2) is 47.0 Å². The third-order valence-corrected chi connectivity index (χ3v) is 5.10. The van der Waals surface area contributed by atoms with Crippen LogP contribution in [0.1, 0.15) is 34.5 Å². The first-order valence-electron chi connectivity index (χ1n) is 9.25. The molecule has 0 aliphatic heterocycles. The van der Waals surface area contributed by atoms with E-state index in [1.54, 1.807) is 18.2 Å². The number of hydrogen-bond donors (Lipinski definition) is 1. The van der Waals surface area contributed by atoms with Gasteiger partial charge < -0.3 is 14.6 Å². The SMILES string of the molecule is O=C(Nc1cc(-c2onc3c2CCCC3)ccc1Cl)c1cccc(OC(F)(F)F)c1. The molecule has 1 aromatic heterocycles. The van der Waals surface area contributed by atoms with E-state index in [4.69, 9.17) is 16.1 Å². The molecule has 1 aliphatic carbocycles. The van der Waals surface area contributed by atoms with Crippen molar-refractivity contribution in [3.05, 3.63) is 64.3 Å². The Morgan fingerprint density at radius 1 is 1.13 bits per heavy atom. The first-order valence-corrected chi connectivity index (χ1v) is 9.62. The quantitative estimate of drug-likeness (QED) is 0.542. The summed E-state index contributed by atoms with van der Waals surface area (Å²) in [7, 11) is 0. The van der Waals surface area contributed by atoms with Crippen LogP contribution in [0.5, 0.6) is 5.75 Å². The van der Waals surface area contributed by atoms with Crippen LogP contribution in [0.25, 0.3) is 11.3 Å². The minimum absolute atomic E-state index is 0.00438. The molecule has 9 heteroatoms. The van der Waals surface area contributed by atoms with Crippen LogP contribution in [0.2, 0.25) is 5.02 Å². The molecule has 3 aromatic rings. The molecule has 0 radical (unpaired) electrons. The van der Waals surface area contributed by atoms with E-state index in [0.717, 1.165) is 49.1 Å². The zero-order chi connectivity index (χ0) is 21.3. The minimum Gasteiger partial charge on any atom is -0.406 e. The van der Waals surface area contributed by atoms with Crippen molar-refractivity contribution in [1.29, 1.82) is 0 Å². The average molecular weight is 437 g/mol. The van der Waals surface area contributed by atoms with E-state index in [1.807, 2.05) is 0 Å². The molecule has 0 fully saturated rings. The third-order valence-electron chi connectivity index (χ3n) is 4.77. The lowest BCUT2D eigenvalue weighted by molar-refractivity contribution is -0.274. The van der Waals surface area contributed by atoms with Crippen LogP contribution in [-0.2, 0) is 12.8 Å². The Morgan fingerprint density at radius 2 is 1.93 bits per heavy atom. The molecule has 1 N–H and O–H groups in total. The topological polar surface area (TPSA) is 64.4 Å². The van der Waals surface area contributed by atoms with Crippen LogP contribution in [-0.4, -0.2) is 17.4 Å². The molecule has 0 atom stereocenters. The van der Waals surface area contributed by atoms with Crippen molar-refractivity contribution >= 4 is 23.2 Å². The maximum Gasteiger partial charge on any atom is 0.573 e. The second-order valence-corrected chi connectivity index (χ2v) is 7.28. The predicted molar refractivity (Wildman–Crippen MR) is 105 cm³/mol. The molecule has 1 heterocycles. The number of carbonyl (C=O) groups excluding carboxylic acids is 1. The molecular formula is C21H16ClF3N2O3. The number of fused-ring (bicyclic) bond motifs is 1. The highest BCUT2D eigenvalue weighted by molar-refractivity contribution is 6.34. The monoisotopic (exact) mass is 436 g/mol. The molecule has 156 valence electrons. The Kier molecular flexibility index (Phi) is 5.42. The van der Waals surface area contributed by atoms with Crippen LogP contribution in [0, 0.1) is 0 Å². The standard InChI is InChI=1S/C21H16ClF3N2O3/c22-16-9-8-12(19-15-6-1-2-7-17(15)27-30-19)11-18(16)26-20(28)13-4-3-5-14(10-13)29-21(23,24)25/h3-5,8-11H,1-2,6-7H2,(H,26,28). The van der Waals surface area contributed by atoms with Crippen molar-refractivity contribution in [3.8, 4) is 17.1 Å². The van der Waals surface area contributed by atoms with Crippen molar-refractivity contribution in [2.45, 2.75) is 32.0 Å². The summed E-state index contributed by atoms with van der Waals surface area (Å²) in [4.78, 5) is 12.6. The number of rotatable bonds is 4. The van der Waals surface area contributed by atoms with Gasteiger partial charge in [0.1, 0.15) is 5.75 Å². The van der Waals surface area contributed by atoms with Gasteiger partial charge in [-0.25, -0.2) is 0 Å². The lowest BCUT2D eigenvalue weighted by Gasteiger charge is -2.12. The maximum atomic E-state index is 12.6. The second-order valence-electron chi connectivity index (χ2n) is 6.87. The van der Waals surface area contributed by atoms with E-state index >= 15 is 0 Å². The predicted octanol–water partition coefficient (Wildman–Crippen LogP) is 6.02. The maximum absolute atomic E-state index is 12.6. The third kappa shape index (κ3) is 4.43. The Labute approximate surface area is 174 Å². The zero-order valence-corrected chi connectivity index (χ0v) is 16.3. The van der Waals surface area contributed by atoms with Gasteiger partial charge in [0.25, 0.3) is 5.91 Å². The first-order chi connectivity index (χ1) is 14.3. The number of halogens is 4. The van der Waals surface area contributed by atoms with E-state index in [2.05, 4.69) is 15.2 Å². The number of hydrogen-bond acceptors (Lipinski definition) is 4. The summed E-state index contributed by atoms with van der Waals surface area (Å²) >= 11 is 6.22. The number of carbonyl (C=O) groups is 1. The van der Waals surface area contributed by atoms with Gasteiger partial charge in [0, 0.05) is 16.7 Å². The minimum atomic E-state index is -4.84. The first kappa shape index (κ1) is 20.3. The van der Waals surface area contributed by atoms with E-state index in [9.17, 15) is 18.0 Å². The summed E-state index contributed by atoms with van der Waals surface area (Å²) in [5, 5.41) is 7.04. The van der Waals surface area contributed by atoms with E-state index in [-0.39, 0.29) is 10.6 Å². The van der Waals surface area contributed by atoms with Gasteiger partial charge in [-0.05, 0) is 62.1 Å². The average Bonchev–Trinajstić information content (AvgIpc) is 3.13. The summed E-state index contributed by atoms with van der Waals surface area (Å²) in [5.41, 5.74) is 3.01. The zero-order valence-electron chi connectivity index (χ0n) is 15.6. The Bertz CT molecular complexity index is 1100. The van der Waals surface area contributed by atoms with E-state index in [0.29, 0.717) is 17.0 Å². The molecule has 1 aliphatic rings. The Hall–Kier alpha value is -3.00. The van der Waals surface area contributed by atoms with Crippen molar-refractivity contribution in [1.82, 2.24) is 5.16 Å². The molecule has 4 rings (SSSR count). The number of alkyl halides is 3. The number of ether oxygens (including phenoxy) is 1. The summed E-state index contributed by atoms with van der Waals surface area (Å²) < 4.78 is 46.6. The highest BCUT2D eigenvalue weighted by Crippen LogP contribution is 2.35. The number of aromatic nitrogens is 1. The number of aryl methyl sites for hydroxylation is 1. The fourth-order valence-corrected chi connectivity index (χ4v) is 3.57. The molecule has 5 nitrogen and oxygen atoms in total. The molecule has 0 spiro atoms. The van der Waals surface area contributed by atoms with Crippen molar-refractivity contribution in [3.63, 3.8) is 0 Å². The summed E-state index contributed by atoms with van der Waals surface area (Å²) in [6.45, 7) is 0. The number of benzene rings is 2. The fraction of sp³-hybridized carbons (Fsp3) is 0.238.